The Balaban J connectivity index is 0.00000320. The van der Waals surface area contributed by atoms with E-state index < -0.39 is 6.04 Å². The van der Waals surface area contributed by atoms with E-state index in [9.17, 15) is 10.0 Å². The van der Waals surface area contributed by atoms with Crippen LogP contribution in [0.2, 0.25) is 0 Å². The monoisotopic (exact) mass is 563 g/mol. The van der Waals surface area contributed by atoms with Gasteiger partial charge in [0.1, 0.15) is 11.8 Å². The van der Waals surface area contributed by atoms with E-state index in [0.717, 1.165) is 15.5 Å². The van der Waals surface area contributed by atoms with Gasteiger partial charge < -0.3 is 38.9 Å². The molecule has 1 aliphatic carbocycles. The number of thioether (sulfide) groups is 1. The maximum Gasteiger partial charge on any atom is 0.230 e. The van der Waals surface area contributed by atoms with E-state index in [0.29, 0.717) is 29.1 Å². The number of hydrogen-bond acceptors (Lipinski definition) is 8. The van der Waals surface area contributed by atoms with Gasteiger partial charge in [-0.15, -0.1) is 11.8 Å². The van der Waals surface area contributed by atoms with Gasteiger partial charge in [-0.1, -0.05) is 43.4 Å². The maximum absolute atomic E-state index is 12.4. The number of carbonyl (C=O) groups excluding carboxylic acids is 1. The van der Waals surface area contributed by atoms with Crippen LogP contribution in [0.1, 0.15) is 44.3 Å². The number of allylic oxidation sites excluding steroid dienone is 2. The van der Waals surface area contributed by atoms with E-state index in [1.165, 1.54) is 18.4 Å². The van der Waals surface area contributed by atoms with Crippen molar-refractivity contribution in [1.82, 2.24) is 9.97 Å². The highest BCUT2D eigenvalue weighted by Crippen LogP contribution is 2.31. The summed E-state index contributed by atoms with van der Waals surface area (Å²) in [6, 6.07) is -0.408. The molecule has 1 aliphatic rings. The number of carbonyl (C=O) groups is 1. The Morgan fingerprint density at radius 1 is 1.47 bits per heavy atom. The lowest BCUT2D eigenvalue weighted by atomic mass is 9.96. The highest BCUT2D eigenvalue weighted by molar-refractivity contribution is 8.00. The van der Waals surface area contributed by atoms with Crippen LogP contribution in [0.25, 0.3) is 0 Å². The van der Waals surface area contributed by atoms with Gasteiger partial charge in [0.15, 0.2) is 5.13 Å². The van der Waals surface area contributed by atoms with Gasteiger partial charge in [0.05, 0.1) is 35.9 Å². The normalized spacial score (nSPS) is 16.8. The number of nitrogens with zero attached hydrogens (tertiary/aromatic N) is 2. The molecule has 8 nitrogen and oxygen atoms in total. The van der Waals surface area contributed by atoms with Crippen LogP contribution in [0.5, 0.6) is 0 Å². The van der Waals surface area contributed by atoms with E-state index in [2.05, 4.69) is 29.1 Å². The van der Waals surface area contributed by atoms with Crippen molar-refractivity contribution >= 4 is 34.1 Å². The Bertz CT molecular complexity index is 897. The van der Waals surface area contributed by atoms with Crippen LogP contribution < -0.4 is 34.5 Å². The minimum absolute atomic E-state index is 0. The number of rotatable bonds is 9. The summed E-state index contributed by atoms with van der Waals surface area (Å²) < 4.78 is 6.65. The predicted molar refractivity (Wildman–Crippen MR) is 112 cm³/mol. The number of nitrogens with one attached hydrogen (secondary N) is 2. The van der Waals surface area contributed by atoms with Gasteiger partial charge >= 0.3 is 0 Å². The van der Waals surface area contributed by atoms with E-state index in [-0.39, 0.29) is 41.5 Å². The summed E-state index contributed by atoms with van der Waals surface area (Å²) in [6.45, 7) is 4.12. The predicted octanol–water partition coefficient (Wildman–Crippen LogP) is 0.0784. The van der Waals surface area contributed by atoms with E-state index in [1.807, 2.05) is 12.2 Å². The molecule has 0 aromatic carbocycles. The highest BCUT2D eigenvalue weighted by Gasteiger charge is 2.24. The molecule has 0 saturated carbocycles. The second kappa shape index (κ2) is 12.0. The minimum Gasteiger partial charge on any atom is -1.00 e. The Kier molecular flexibility index (Phi) is 9.97. The van der Waals surface area contributed by atoms with Gasteiger partial charge in [-0.3, -0.25) is 4.79 Å². The molecular formula is C19H24IN4O4S2-. The molecule has 11 heteroatoms. The second-order valence-corrected chi connectivity index (χ2v) is 9.10. The lowest BCUT2D eigenvalue weighted by Gasteiger charge is -2.29. The van der Waals surface area contributed by atoms with Crippen LogP contribution in [-0.2, 0) is 15.4 Å². The van der Waals surface area contributed by atoms with Crippen molar-refractivity contribution in [2.45, 2.75) is 48.6 Å². The molecule has 2 unspecified atom stereocenters. The lowest BCUT2D eigenvalue weighted by Crippen LogP contribution is -3.10. The highest BCUT2D eigenvalue weighted by atomic mass is 127. The average molecular weight is 563 g/mol. The number of aromatic nitrogens is 2. The van der Waals surface area contributed by atoms with Crippen molar-refractivity contribution in [2.75, 3.05) is 12.4 Å². The lowest BCUT2D eigenvalue weighted by molar-refractivity contribution is -1.06. The molecule has 30 heavy (non-hydrogen) atoms. The molecule has 0 spiro atoms. The second-order valence-electron chi connectivity index (χ2n) is 6.79. The number of hydrogen-bond donors (Lipinski definition) is 2. The van der Waals surface area contributed by atoms with Crippen molar-refractivity contribution in [3.8, 4) is 0 Å². The standard InChI is InChI=1S/C19H24N4O4S2.HI/c1-12(2)15-9-20-17(27-15)11-28-18-10-21-19(29-18)22-16(24)8-13-6-4-5-7-14(13)23(25)26-3;/h4-6,9-10,12,14,23H,7-8,11H2,1-3H3,(H,21,22,24);1H/p-1. The number of hydroxylamine groups is 2. The first-order valence-electron chi connectivity index (χ1n) is 9.22. The smallest absolute Gasteiger partial charge is 0.230 e. The molecule has 2 heterocycles. The summed E-state index contributed by atoms with van der Waals surface area (Å²) in [4.78, 5) is 25.8. The Hall–Kier alpha value is -1.25. The Morgan fingerprint density at radius 2 is 2.27 bits per heavy atom. The van der Waals surface area contributed by atoms with Gasteiger partial charge in [0.2, 0.25) is 11.8 Å². The molecule has 2 atom stereocenters. The molecular weight excluding hydrogens is 539 g/mol. The van der Waals surface area contributed by atoms with Gasteiger partial charge in [-0.2, -0.15) is 0 Å². The molecule has 3 rings (SSSR count). The van der Waals surface area contributed by atoms with Crippen molar-refractivity contribution in [1.29, 1.82) is 0 Å². The van der Waals surface area contributed by atoms with Gasteiger partial charge in [0, 0.05) is 12.3 Å². The number of quaternary nitrogens is 1. The van der Waals surface area contributed by atoms with Gasteiger partial charge in [-0.25, -0.2) is 20.0 Å². The fraction of sp³-hybridized carbons (Fsp3) is 0.421. The first-order chi connectivity index (χ1) is 14.0. The van der Waals surface area contributed by atoms with Crippen LogP contribution >= 0.6 is 23.1 Å². The summed E-state index contributed by atoms with van der Waals surface area (Å²) in [6.07, 6.45) is 9.70. The summed E-state index contributed by atoms with van der Waals surface area (Å²) >= 11 is 2.95. The van der Waals surface area contributed by atoms with Crippen LogP contribution in [0.4, 0.5) is 5.13 Å². The van der Waals surface area contributed by atoms with Crippen LogP contribution in [0, 0.1) is 5.21 Å². The summed E-state index contributed by atoms with van der Waals surface area (Å²) in [5.74, 6) is 2.24. The summed E-state index contributed by atoms with van der Waals surface area (Å²) in [5, 5.41) is 14.9. The van der Waals surface area contributed by atoms with Gasteiger partial charge in [0.25, 0.3) is 0 Å². The van der Waals surface area contributed by atoms with Crippen LogP contribution in [0.3, 0.4) is 0 Å². The molecule has 1 amide bonds. The zero-order chi connectivity index (χ0) is 20.8. The number of oxazole rings is 1. The van der Waals surface area contributed by atoms with E-state index in [4.69, 9.17) is 9.25 Å². The van der Waals surface area contributed by atoms with Crippen molar-refractivity contribution in [3.63, 3.8) is 0 Å². The Morgan fingerprint density at radius 3 is 2.97 bits per heavy atom. The topological polar surface area (TPSA) is 105 Å². The summed E-state index contributed by atoms with van der Waals surface area (Å²) in [7, 11) is 1.36. The Labute approximate surface area is 200 Å². The van der Waals surface area contributed by atoms with E-state index >= 15 is 0 Å². The maximum atomic E-state index is 12.4. The fourth-order valence-corrected chi connectivity index (χ4v) is 4.51. The van der Waals surface area contributed by atoms with Crippen molar-refractivity contribution in [2.24, 2.45) is 0 Å². The largest absolute Gasteiger partial charge is 1.00 e. The van der Waals surface area contributed by atoms with Crippen LogP contribution in [-0.4, -0.2) is 29.0 Å². The zero-order valence-electron chi connectivity index (χ0n) is 16.9. The third-order valence-corrected chi connectivity index (χ3v) is 6.42. The third-order valence-electron chi connectivity index (χ3n) is 4.33. The van der Waals surface area contributed by atoms with Crippen molar-refractivity contribution in [3.05, 3.63) is 53.1 Å². The summed E-state index contributed by atoms with van der Waals surface area (Å²) in [5.41, 5.74) is 0.743. The molecule has 2 N–H and O–H groups in total. The van der Waals surface area contributed by atoms with Gasteiger partial charge in [-0.05, 0) is 5.57 Å². The first-order valence-corrected chi connectivity index (χ1v) is 11.0. The molecule has 164 valence electrons. The van der Waals surface area contributed by atoms with E-state index in [1.54, 1.807) is 30.2 Å². The number of anilines is 1. The molecule has 0 radical (unpaired) electrons. The molecule has 0 bridgehead atoms. The van der Waals surface area contributed by atoms with Crippen LogP contribution in [0.15, 0.2) is 44.8 Å². The average Bonchev–Trinajstić information content (AvgIpc) is 3.35. The zero-order valence-corrected chi connectivity index (χ0v) is 20.7. The molecule has 2 aromatic rings. The minimum atomic E-state index is -0.408. The molecule has 0 fully saturated rings. The third kappa shape index (κ3) is 6.89. The quantitative estimate of drug-likeness (QED) is 0.253. The first kappa shape index (κ1) is 25.0. The number of halogens is 1. The molecule has 2 aromatic heterocycles. The fourth-order valence-electron chi connectivity index (χ4n) is 2.77. The SMILES string of the molecule is CO[NH+]([O-])C1CC=CC=C1CC(=O)Nc1ncc(SCc2ncc(C(C)C)o2)s1.[I-]. The number of thiazole rings is 1. The molecule has 0 aliphatic heterocycles. The molecule has 0 saturated heterocycles. The number of amides is 1. The van der Waals surface area contributed by atoms with Crippen molar-refractivity contribution < 1.29 is 43.3 Å².